The van der Waals surface area contributed by atoms with Crippen LogP contribution in [0.25, 0.3) is 16.9 Å². The van der Waals surface area contributed by atoms with Gasteiger partial charge in [0, 0.05) is 29.9 Å². The SMILES string of the molecule is CCc1cc(C(=O)N2CCCCCC2C)nc2cc(-c3ccc(S(N)(=O)=O)cc3F)nn12. The molecule has 1 fully saturated rings. The van der Waals surface area contributed by atoms with Crippen LogP contribution in [-0.4, -0.2) is 46.4 Å². The highest BCUT2D eigenvalue weighted by Gasteiger charge is 2.25. The molecule has 1 atom stereocenters. The molecule has 1 aliphatic rings. The number of sulfonamides is 1. The third-order valence-electron chi connectivity index (χ3n) is 5.94. The molecule has 0 spiro atoms. The largest absolute Gasteiger partial charge is 0.335 e. The Balaban J connectivity index is 1.75. The fraction of sp³-hybridized carbons (Fsp3) is 0.409. The molecule has 0 bridgehead atoms. The van der Waals surface area contributed by atoms with E-state index in [1.54, 1.807) is 16.6 Å². The van der Waals surface area contributed by atoms with Crippen molar-refractivity contribution in [1.82, 2.24) is 19.5 Å². The lowest BCUT2D eigenvalue weighted by Gasteiger charge is -2.27. The quantitative estimate of drug-likeness (QED) is 0.644. The Morgan fingerprint density at radius 2 is 2.00 bits per heavy atom. The summed E-state index contributed by atoms with van der Waals surface area (Å²) in [5, 5.41) is 9.54. The minimum Gasteiger partial charge on any atom is -0.335 e. The number of halogens is 1. The lowest BCUT2D eigenvalue weighted by Crippen LogP contribution is -2.38. The van der Waals surface area contributed by atoms with Gasteiger partial charge in [-0.05, 0) is 50.5 Å². The van der Waals surface area contributed by atoms with Crippen molar-refractivity contribution < 1.29 is 17.6 Å². The van der Waals surface area contributed by atoms with Crippen LogP contribution in [0.1, 0.15) is 55.7 Å². The molecule has 2 aromatic heterocycles. The van der Waals surface area contributed by atoms with Crippen LogP contribution in [0.15, 0.2) is 35.2 Å². The molecule has 2 N–H and O–H groups in total. The Morgan fingerprint density at radius 1 is 1.22 bits per heavy atom. The molecule has 4 rings (SSSR count). The first-order chi connectivity index (χ1) is 15.2. The fourth-order valence-electron chi connectivity index (χ4n) is 4.13. The molecule has 1 aromatic carbocycles. The molecule has 3 heterocycles. The summed E-state index contributed by atoms with van der Waals surface area (Å²) in [7, 11) is -4.01. The summed E-state index contributed by atoms with van der Waals surface area (Å²) in [4.78, 5) is 19.3. The van der Waals surface area contributed by atoms with Crippen molar-refractivity contribution in [2.75, 3.05) is 6.54 Å². The van der Waals surface area contributed by atoms with Gasteiger partial charge in [-0.15, -0.1) is 0 Å². The van der Waals surface area contributed by atoms with Crippen molar-refractivity contribution in [2.24, 2.45) is 5.14 Å². The highest BCUT2D eigenvalue weighted by atomic mass is 32.2. The van der Waals surface area contributed by atoms with E-state index >= 15 is 0 Å². The number of benzene rings is 1. The predicted octanol–water partition coefficient (Wildman–Crippen LogP) is 3.15. The molecule has 1 amide bonds. The first kappa shape index (κ1) is 22.3. The lowest BCUT2D eigenvalue weighted by molar-refractivity contribution is 0.0692. The van der Waals surface area contributed by atoms with Gasteiger partial charge >= 0.3 is 0 Å². The average molecular weight is 460 g/mol. The number of aromatic nitrogens is 3. The number of primary sulfonamides is 1. The van der Waals surface area contributed by atoms with Crippen molar-refractivity contribution >= 4 is 21.6 Å². The summed E-state index contributed by atoms with van der Waals surface area (Å²) < 4.78 is 39.2. The fourth-order valence-corrected chi connectivity index (χ4v) is 4.66. The number of carbonyl (C=O) groups excluding carboxylic acids is 1. The molecule has 3 aromatic rings. The van der Waals surface area contributed by atoms with E-state index in [-0.39, 0.29) is 22.4 Å². The molecule has 32 heavy (non-hydrogen) atoms. The molecule has 170 valence electrons. The van der Waals surface area contributed by atoms with E-state index in [1.807, 2.05) is 11.8 Å². The topological polar surface area (TPSA) is 111 Å². The van der Waals surface area contributed by atoms with Crippen LogP contribution in [0.5, 0.6) is 0 Å². The highest BCUT2D eigenvalue weighted by molar-refractivity contribution is 7.89. The zero-order valence-electron chi connectivity index (χ0n) is 18.1. The minimum atomic E-state index is -4.01. The standard InChI is InChI=1S/C22H26FN5O3S/c1-3-15-11-20(22(29)27-10-6-4-5-7-14(27)2)25-21-13-19(26-28(15)21)17-9-8-16(12-18(17)23)32(24,30)31/h8-9,11-14H,3-7,10H2,1-2H3,(H2,24,30,31). The molecule has 8 nitrogen and oxygen atoms in total. The number of hydrogen-bond donors (Lipinski definition) is 1. The number of aryl methyl sites for hydroxylation is 1. The second kappa shape index (κ2) is 8.59. The van der Waals surface area contributed by atoms with E-state index in [4.69, 9.17) is 5.14 Å². The molecular weight excluding hydrogens is 433 g/mol. The van der Waals surface area contributed by atoms with Crippen LogP contribution in [0.4, 0.5) is 4.39 Å². The van der Waals surface area contributed by atoms with Gasteiger partial charge in [0.25, 0.3) is 5.91 Å². The number of likely N-dealkylation sites (tertiary alicyclic amines) is 1. The normalized spacial score (nSPS) is 17.5. The maximum Gasteiger partial charge on any atom is 0.272 e. The Morgan fingerprint density at radius 3 is 2.69 bits per heavy atom. The summed E-state index contributed by atoms with van der Waals surface area (Å²) in [6, 6.07) is 6.93. The zero-order valence-corrected chi connectivity index (χ0v) is 18.9. The van der Waals surface area contributed by atoms with Gasteiger partial charge in [-0.1, -0.05) is 19.8 Å². The Bertz CT molecular complexity index is 1290. The monoisotopic (exact) mass is 459 g/mol. The number of fused-ring (bicyclic) bond motifs is 1. The Kier molecular flexibility index (Phi) is 6.00. The van der Waals surface area contributed by atoms with Crippen LogP contribution < -0.4 is 5.14 Å². The van der Waals surface area contributed by atoms with Gasteiger partial charge < -0.3 is 4.90 Å². The molecule has 1 saturated heterocycles. The van der Waals surface area contributed by atoms with Crippen molar-refractivity contribution in [3.63, 3.8) is 0 Å². The first-order valence-corrected chi connectivity index (χ1v) is 12.3. The van der Waals surface area contributed by atoms with Gasteiger partial charge in [0.15, 0.2) is 5.65 Å². The molecule has 0 aliphatic carbocycles. The maximum absolute atomic E-state index is 14.7. The Labute approximate surface area is 186 Å². The van der Waals surface area contributed by atoms with Gasteiger partial charge in [-0.3, -0.25) is 4.79 Å². The molecule has 0 radical (unpaired) electrons. The number of carbonyl (C=O) groups is 1. The second-order valence-corrected chi connectivity index (χ2v) is 9.73. The van der Waals surface area contributed by atoms with E-state index in [9.17, 15) is 17.6 Å². The average Bonchev–Trinajstić information content (AvgIpc) is 3.06. The summed E-state index contributed by atoms with van der Waals surface area (Å²) in [6.07, 6.45) is 4.77. The lowest BCUT2D eigenvalue weighted by atomic mass is 10.1. The third kappa shape index (κ3) is 4.24. The van der Waals surface area contributed by atoms with Crippen LogP contribution in [0, 0.1) is 5.82 Å². The van der Waals surface area contributed by atoms with Crippen LogP contribution >= 0.6 is 0 Å². The first-order valence-electron chi connectivity index (χ1n) is 10.7. The van der Waals surface area contributed by atoms with E-state index < -0.39 is 15.8 Å². The van der Waals surface area contributed by atoms with Crippen LogP contribution in [0.2, 0.25) is 0 Å². The second-order valence-electron chi connectivity index (χ2n) is 8.17. The number of nitrogens with zero attached hydrogens (tertiary/aromatic N) is 4. The zero-order chi connectivity index (χ0) is 23.0. The van der Waals surface area contributed by atoms with Crippen molar-refractivity contribution in [3.05, 3.63) is 47.5 Å². The van der Waals surface area contributed by atoms with Gasteiger partial charge in [0.1, 0.15) is 11.5 Å². The smallest absolute Gasteiger partial charge is 0.272 e. The summed E-state index contributed by atoms with van der Waals surface area (Å²) in [5.41, 5.74) is 1.96. The summed E-state index contributed by atoms with van der Waals surface area (Å²) >= 11 is 0. The molecule has 1 unspecified atom stereocenters. The van der Waals surface area contributed by atoms with Crippen molar-refractivity contribution in [3.8, 4) is 11.3 Å². The van der Waals surface area contributed by atoms with Crippen LogP contribution in [0.3, 0.4) is 0 Å². The van der Waals surface area contributed by atoms with Gasteiger partial charge in [-0.2, -0.15) is 5.10 Å². The third-order valence-corrected chi connectivity index (χ3v) is 6.85. The molecule has 10 heteroatoms. The van der Waals surface area contributed by atoms with Crippen LogP contribution in [-0.2, 0) is 16.4 Å². The number of rotatable bonds is 4. The van der Waals surface area contributed by atoms with Crippen molar-refractivity contribution in [1.29, 1.82) is 0 Å². The van der Waals surface area contributed by atoms with Gasteiger partial charge in [0.2, 0.25) is 10.0 Å². The predicted molar refractivity (Wildman–Crippen MR) is 118 cm³/mol. The highest BCUT2D eigenvalue weighted by Crippen LogP contribution is 2.26. The van der Waals surface area contributed by atoms with E-state index in [2.05, 4.69) is 17.0 Å². The van der Waals surface area contributed by atoms with E-state index in [0.717, 1.165) is 37.4 Å². The van der Waals surface area contributed by atoms with Gasteiger partial charge in [0.05, 0.1) is 10.6 Å². The molecular formula is C22H26FN5O3S. The molecule has 1 aliphatic heterocycles. The maximum atomic E-state index is 14.7. The summed E-state index contributed by atoms with van der Waals surface area (Å²) in [5.74, 6) is -0.865. The van der Waals surface area contributed by atoms with E-state index in [0.29, 0.717) is 30.0 Å². The molecule has 0 saturated carbocycles. The van der Waals surface area contributed by atoms with Crippen molar-refractivity contribution in [2.45, 2.75) is 56.9 Å². The number of nitrogens with two attached hydrogens (primary N) is 1. The minimum absolute atomic E-state index is 0.108. The van der Waals surface area contributed by atoms with E-state index in [1.165, 1.54) is 12.1 Å². The number of hydrogen-bond acceptors (Lipinski definition) is 5. The number of amides is 1. The van der Waals surface area contributed by atoms with Gasteiger partial charge in [-0.25, -0.2) is 27.4 Å². The Hall–Kier alpha value is -2.85. The summed E-state index contributed by atoms with van der Waals surface area (Å²) in [6.45, 7) is 4.72.